The van der Waals surface area contributed by atoms with Crippen molar-refractivity contribution in [3.05, 3.63) is 16.1 Å². The Balaban J connectivity index is 2.68. The van der Waals surface area contributed by atoms with Gasteiger partial charge in [0.05, 0.1) is 17.1 Å². The third-order valence-corrected chi connectivity index (χ3v) is 3.07. The first-order chi connectivity index (χ1) is 7.90. The van der Waals surface area contributed by atoms with Gasteiger partial charge in [-0.05, 0) is 20.8 Å². The molecule has 1 rings (SSSR count). The van der Waals surface area contributed by atoms with Crippen molar-refractivity contribution >= 4 is 23.2 Å². The van der Waals surface area contributed by atoms with Gasteiger partial charge in [-0.25, -0.2) is 4.98 Å². The van der Waals surface area contributed by atoms with E-state index in [0.29, 0.717) is 5.69 Å². The number of rotatable bonds is 5. The van der Waals surface area contributed by atoms with Crippen LogP contribution in [-0.2, 0) is 16.0 Å². The van der Waals surface area contributed by atoms with Crippen molar-refractivity contribution in [2.75, 3.05) is 6.54 Å². The second-order valence-electron chi connectivity index (χ2n) is 4.04. The van der Waals surface area contributed by atoms with Gasteiger partial charge in [0.2, 0.25) is 5.91 Å². The summed E-state index contributed by atoms with van der Waals surface area (Å²) in [4.78, 5) is 28.1. The van der Waals surface area contributed by atoms with Gasteiger partial charge in [-0.2, -0.15) is 0 Å². The minimum atomic E-state index is -0.999. The predicted octanol–water partition coefficient (Wildman–Crippen LogP) is 1.32. The molecule has 0 spiro atoms. The lowest BCUT2D eigenvalue weighted by molar-refractivity contribution is -0.145. The van der Waals surface area contributed by atoms with Gasteiger partial charge in [0.25, 0.3) is 0 Å². The number of thiazole rings is 1. The molecule has 6 heteroatoms. The normalized spacial score (nSPS) is 10.6. The van der Waals surface area contributed by atoms with Crippen LogP contribution in [0.15, 0.2) is 5.38 Å². The van der Waals surface area contributed by atoms with Gasteiger partial charge in [-0.3, -0.25) is 9.59 Å². The minimum absolute atomic E-state index is 0.127. The van der Waals surface area contributed by atoms with Crippen molar-refractivity contribution in [1.29, 1.82) is 0 Å². The molecule has 1 N–H and O–H groups in total. The van der Waals surface area contributed by atoms with Crippen LogP contribution in [0.2, 0.25) is 0 Å². The number of carboxylic acids is 1. The predicted molar refractivity (Wildman–Crippen MR) is 65.0 cm³/mol. The third-order valence-electron chi connectivity index (χ3n) is 2.25. The van der Waals surface area contributed by atoms with E-state index in [1.54, 1.807) is 13.8 Å². The molecular weight excluding hydrogens is 240 g/mol. The van der Waals surface area contributed by atoms with Gasteiger partial charge < -0.3 is 10.0 Å². The number of nitrogens with zero attached hydrogens (tertiary/aromatic N) is 2. The van der Waals surface area contributed by atoms with E-state index in [9.17, 15) is 9.59 Å². The van der Waals surface area contributed by atoms with Crippen molar-refractivity contribution < 1.29 is 14.7 Å². The fraction of sp³-hybridized carbons (Fsp3) is 0.545. The molecule has 17 heavy (non-hydrogen) atoms. The zero-order valence-corrected chi connectivity index (χ0v) is 11.0. The highest BCUT2D eigenvalue weighted by atomic mass is 32.1. The maximum Gasteiger partial charge on any atom is 0.323 e. The van der Waals surface area contributed by atoms with Crippen LogP contribution in [0.5, 0.6) is 0 Å². The molecule has 0 saturated carbocycles. The molecule has 5 nitrogen and oxygen atoms in total. The summed E-state index contributed by atoms with van der Waals surface area (Å²) < 4.78 is 0. The summed E-state index contributed by atoms with van der Waals surface area (Å²) in [6.45, 7) is 5.20. The molecule has 0 bridgehead atoms. The fourth-order valence-electron chi connectivity index (χ4n) is 1.45. The molecule has 0 atom stereocenters. The number of amides is 1. The Labute approximate surface area is 104 Å². The highest BCUT2D eigenvalue weighted by Crippen LogP contribution is 2.10. The van der Waals surface area contributed by atoms with E-state index in [0.717, 1.165) is 5.01 Å². The zero-order chi connectivity index (χ0) is 13.0. The highest BCUT2D eigenvalue weighted by molar-refractivity contribution is 7.09. The summed E-state index contributed by atoms with van der Waals surface area (Å²) in [6.07, 6.45) is 0.162. The van der Waals surface area contributed by atoms with Crippen molar-refractivity contribution in [2.24, 2.45) is 0 Å². The van der Waals surface area contributed by atoms with E-state index in [2.05, 4.69) is 4.98 Å². The van der Waals surface area contributed by atoms with Gasteiger partial charge in [-0.15, -0.1) is 11.3 Å². The van der Waals surface area contributed by atoms with E-state index in [1.807, 2.05) is 12.3 Å². The second-order valence-corrected chi connectivity index (χ2v) is 5.11. The van der Waals surface area contributed by atoms with E-state index in [-0.39, 0.29) is 24.9 Å². The van der Waals surface area contributed by atoms with Crippen LogP contribution >= 0.6 is 11.3 Å². The average Bonchev–Trinajstić information content (AvgIpc) is 2.59. The zero-order valence-electron chi connectivity index (χ0n) is 10.1. The first-order valence-electron chi connectivity index (χ1n) is 5.32. The van der Waals surface area contributed by atoms with Crippen LogP contribution < -0.4 is 0 Å². The van der Waals surface area contributed by atoms with Gasteiger partial charge in [0.1, 0.15) is 6.54 Å². The number of carbonyl (C=O) groups excluding carboxylic acids is 1. The Bertz CT molecular complexity index is 415. The number of aromatic nitrogens is 1. The first kappa shape index (κ1) is 13.6. The summed E-state index contributed by atoms with van der Waals surface area (Å²) >= 11 is 1.48. The lowest BCUT2D eigenvalue weighted by Crippen LogP contribution is -2.41. The van der Waals surface area contributed by atoms with E-state index in [4.69, 9.17) is 5.11 Å². The summed E-state index contributed by atoms with van der Waals surface area (Å²) in [5.41, 5.74) is 0.702. The van der Waals surface area contributed by atoms with Crippen molar-refractivity contribution in [3.63, 3.8) is 0 Å². The first-order valence-corrected chi connectivity index (χ1v) is 6.20. The molecule has 0 unspecified atom stereocenters. The Morgan fingerprint density at radius 2 is 2.18 bits per heavy atom. The number of carboxylic acid groups (broad SMARTS) is 1. The number of aliphatic carboxylic acids is 1. The van der Waals surface area contributed by atoms with E-state index >= 15 is 0 Å². The second kappa shape index (κ2) is 5.77. The number of carbonyl (C=O) groups is 2. The molecule has 1 amide bonds. The molecule has 1 heterocycles. The van der Waals surface area contributed by atoms with E-state index < -0.39 is 5.97 Å². The Morgan fingerprint density at radius 1 is 1.53 bits per heavy atom. The SMILES string of the molecule is Cc1nc(CC(=O)N(CC(=O)O)C(C)C)cs1. The topological polar surface area (TPSA) is 70.5 Å². The summed E-state index contributed by atoms with van der Waals surface area (Å²) in [6, 6.07) is -0.127. The molecule has 1 aromatic heterocycles. The monoisotopic (exact) mass is 256 g/mol. The molecule has 1 aromatic rings. The fourth-order valence-corrected chi connectivity index (χ4v) is 2.06. The largest absolute Gasteiger partial charge is 0.480 e. The third kappa shape index (κ3) is 4.14. The average molecular weight is 256 g/mol. The van der Waals surface area contributed by atoms with Crippen molar-refractivity contribution in [1.82, 2.24) is 9.88 Å². The Hall–Kier alpha value is -1.43. The summed E-state index contributed by atoms with van der Waals surface area (Å²) in [5, 5.41) is 11.5. The van der Waals surface area contributed by atoms with Crippen LogP contribution in [0.4, 0.5) is 0 Å². The molecule has 0 aromatic carbocycles. The molecule has 0 aliphatic heterocycles. The number of aryl methyl sites for hydroxylation is 1. The molecular formula is C11H16N2O3S. The lowest BCUT2D eigenvalue weighted by Gasteiger charge is -2.24. The quantitative estimate of drug-likeness (QED) is 0.862. The maximum atomic E-state index is 11.9. The van der Waals surface area contributed by atoms with Gasteiger partial charge in [0, 0.05) is 11.4 Å². The van der Waals surface area contributed by atoms with Crippen molar-refractivity contribution in [2.45, 2.75) is 33.2 Å². The minimum Gasteiger partial charge on any atom is -0.480 e. The molecule has 0 fully saturated rings. The number of hydrogen-bond acceptors (Lipinski definition) is 4. The van der Waals surface area contributed by atoms with Crippen LogP contribution in [-0.4, -0.2) is 39.5 Å². The molecule has 94 valence electrons. The van der Waals surface area contributed by atoms with Crippen LogP contribution in [0.3, 0.4) is 0 Å². The molecule has 0 saturated heterocycles. The lowest BCUT2D eigenvalue weighted by atomic mass is 10.2. The Morgan fingerprint density at radius 3 is 2.59 bits per heavy atom. The van der Waals surface area contributed by atoms with Crippen LogP contribution in [0.1, 0.15) is 24.5 Å². The van der Waals surface area contributed by atoms with E-state index in [1.165, 1.54) is 16.2 Å². The summed E-state index contributed by atoms with van der Waals surface area (Å²) in [5.74, 6) is -1.20. The smallest absolute Gasteiger partial charge is 0.323 e. The molecule has 0 aliphatic rings. The van der Waals surface area contributed by atoms with Crippen molar-refractivity contribution in [3.8, 4) is 0 Å². The van der Waals surface area contributed by atoms with Crippen LogP contribution in [0.25, 0.3) is 0 Å². The number of hydrogen-bond donors (Lipinski definition) is 1. The molecule has 0 radical (unpaired) electrons. The van der Waals surface area contributed by atoms with Gasteiger partial charge in [-0.1, -0.05) is 0 Å². The van der Waals surface area contributed by atoms with Gasteiger partial charge >= 0.3 is 5.97 Å². The Kier molecular flexibility index (Phi) is 4.62. The standard InChI is InChI=1S/C11H16N2O3S/c1-7(2)13(5-11(15)16)10(14)4-9-6-17-8(3)12-9/h6-7H,4-5H2,1-3H3,(H,15,16). The van der Waals surface area contributed by atoms with Crippen LogP contribution in [0, 0.1) is 6.92 Å². The maximum absolute atomic E-state index is 11.9. The molecule has 0 aliphatic carbocycles. The highest BCUT2D eigenvalue weighted by Gasteiger charge is 2.20. The van der Waals surface area contributed by atoms with Gasteiger partial charge in [0.15, 0.2) is 0 Å². The summed E-state index contributed by atoms with van der Waals surface area (Å²) in [7, 11) is 0.